The van der Waals surface area contributed by atoms with E-state index < -0.39 is 0 Å². The van der Waals surface area contributed by atoms with Crippen LogP contribution in [-0.2, 0) is 0 Å². The molecule has 1 aromatic carbocycles. The monoisotopic (exact) mass is 416 g/mol. The van der Waals surface area contributed by atoms with E-state index in [0.717, 1.165) is 37.1 Å². The lowest BCUT2D eigenvalue weighted by Gasteiger charge is -2.30. The predicted molar refractivity (Wildman–Crippen MR) is 130 cm³/mol. The van der Waals surface area contributed by atoms with Gasteiger partial charge in [-0.25, -0.2) is 0 Å². The van der Waals surface area contributed by atoms with E-state index in [1.165, 1.54) is 95.5 Å². The maximum atomic E-state index is 6.15. The van der Waals surface area contributed by atoms with Crippen LogP contribution >= 0.6 is 0 Å². The van der Waals surface area contributed by atoms with Crippen LogP contribution in [0.3, 0.4) is 0 Å². The van der Waals surface area contributed by atoms with Gasteiger partial charge in [-0.1, -0.05) is 78.6 Å². The van der Waals surface area contributed by atoms with E-state index in [2.05, 4.69) is 39.0 Å². The third-order valence-electron chi connectivity index (χ3n) is 6.69. The van der Waals surface area contributed by atoms with Crippen LogP contribution in [0.25, 0.3) is 0 Å². The van der Waals surface area contributed by atoms with Crippen LogP contribution in [0, 0.1) is 5.92 Å². The van der Waals surface area contributed by atoms with Crippen LogP contribution in [0.5, 0.6) is 11.5 Å². The summed E-state index contributed by atoms with van der Waals surface area (Å²) in [5.74, 6) is 3.70. The largest absolute Gasteiger partial charge is 0.494 e. The Labute approximate surface area is 187 Å². The molecule has 0 amide bonds. The van der Waals surface area contributed by atoms with Gasteiger partial charge in [0, 0.05) is 5.56 Å². The molecule has 0 atom stereocenters. The maximum absolute atomic E-state index is 6.15. The molecule has 1 aliphatic rings. The molecule has 30 heavy (non-hydrogen) atoms. The first-order chi connectivity index (χ1) is 14.8. The summed E-state index contributed by atoms with van der Waals surface area (Å²) < 4.78 is 12.3. The summed E-state index contributed by atoms with van der Waals surface area (Å²) in [5.41, 5.74) is 1.40. The fourth-order valence-electron chi connectivity index (χ4n) is 4.88. The molecule has 1 aromatic rings. The summed E-state index contributed by atoms with van der Waals surface area (Å²) in [6, 6.07) is 6.56. The average molecular weight is 417 g/mol. The van der Waals surface area contributed by atoms with Crippen molar-refractivity contribution in [2.45, 2.75) is 123 Å². The molecule has 1 saturated carbocycles. The number of benzene rings is 1. The van der Waals surface area contributed by atoms with Gasteiger partial charge in [0.25, 0.3) is 0 Å². The first kappa shape index (κ1) is 25.1. The number of rotatable bonds is 16. The molecule has 0 heterocycles. The zero-order valence-electron chi connectivity index (χ0n) is 20.2. The third kappa shape index (κ3) is 9.31. The highest BCUT2D eigenvalue weighted by molar-refractivity contribution is 5.42. The van der Waals surface area contributed by atoms with Gasteiger partial charge in [-0.15, -0.1) is 0 Å². The summed E-state index contributed by atoms with van der Waals surface area (Å²) in [5, 5.41) is 0. The summed E-state index contributed by atoms with van der Waals surface area (Å²) >= 11 is 0. The summed E-state index contributed by atoms with van der Waals surface area (Å²) in [4.78, 5) is 0. The lowest BCUT2D eigenvalue weighted by atomic mass is 9.77. The molecule has 2 rings (SSSR count). The molecule has 172 valence electrons. The minimum atomic E-state index is 0.636. The number of hydrogen-bond acceptors (Lipinski definition) is 2. The van der Waals surface area contributed by atoms with Crippen molar-refractivity contribution in [3.8, 4) is 11.5 Å². The molecule has 2 nitrogen and oxygen atoms in total. The molecular formula is C28H48O2. The Kier molecular flexibility index (Phi) is 13.0. The Morgan fingerprint density at radius 3 is 2.07 bits per heavy atom. The average Bonchev–Trinajstić information content (AvgIpc) is 2.77. The Bertz CT molecular complexity index is 546. The fourth-order valence-corrected chi connectivity index (χ4v) is 4.88. The molecule has 0 bridgehead atoms. The van der Waals surface area contributed by atoms with Crippen LogP contribution < -0.4 is 9.47 Å². The lowest BCUT2D eigenvalue weighted by Crippen LogP contribution is -2.14. The Morgan fingerprint density at radius 2 is 1.40 bits per heavy atom. The molecule has 0 unspecified atom stereocenters. The van der Waals surface area contributed by atoms with E-state index in [0.29, 0.717) is 5.92 Å². The number of unbranched alkanes of at least 4 members (excludes halogenated alkanes) is 7. The molecular weight excluding hydrogens is 368 g/mol. The smallest absolute Gasteiger partial charge is 0.123 e. The molecule has 0 saturated heterocycles. The highest BCUT2D eigenvalue weighted by Crippen LogP contribution is 2.42. The summed E-state index contributed by atoms with van der Waals surface area (Å²) in [6.45, 7) is 8.42. The second-order valence-electron chi connectivity index (χ2n) is 9.38. The molecule has 0 N–H and O–H groups in total. The van der Waals surface area contributed by atoms with Crippen molar-refractivity contribution in [2.24, 2.45) is 5.92 Å². The number of hydrogen-bond donors (Lipinski definition) is 0. The van der Waals surface area contributed by atoms with E-state index in [1.807, 2.05) is 0 Å². The molecule has 0 spiro atoms. The van der Waals surface area contributed by atoms with Gasteiger partial charge >= 0.3 is 0 Å². The lowest BCUT2D eigenvalue weighted by molar-refractivity contribution is 0.282. The summed E-state index contributed by atoms with van der Waals surface area (Å²) in [6.07, 6.45) is 19.8. The topological polar surface area (TPSA) is 18.5 Å². The van der Waals surface area contributed by atoms with Crippen LogP contribution in [0.2, 0.25) is 0 Å². The first-order valence-corrected chi connectivity index (χ1v) is 13.2. The van der Waals surface area contributed by atoms with Crippen LogP contribution in [0.4, 0.5) is 0 Å². The second kappa shape index (κ2) is 15.6. The first-order valence-electron chi connectivity index (χ1n) is 13.2. The second-order valence-corrected chi connectivity index (χ2v) is 9.38. The van der Waals surface area contributed by atoms with Gasteiger partial charge in [0.1, 0.15) is 11.5 Å². The van der Waals surface area contributed by atoms with E-state index in [4.69, 9.17) is 9.47 Å². The molecule has 1 fully saturated rings. The zero-order chi connectivity index (χ0) is 21.4. The van der Waals surface area contributed by atoms with Crippen molar-refractivity contribution in [1.82, 2.24) is 0 Å². The fraction of sp³-hybridized carbons (Fsp3) is 0.786. The van der Waals surface area contributed by atoms with Gasteiger partial charge in [0.2, 0.25) is 0 Å². The van der Waals surface area contributed by atoms with Crippen molar-refractivity contribution in [1.29, 1.82) is 0 Å². The standard InChI is InChI=1S/C28H48O2/c1-4-7-8-9-10-11-12-13-22-29-26-19-20-28(30-21-6-3)27(23-26)25-17-15-24(14-5-2)16-18-25/h19-20,23-25H,4-18,21-22H2,1-3H3. The van der Waals surface area contributed by atoms with Gasteiger partial charge in [-0.05, 0) is 68.6 Å². The van der Waals surface area contributed by atoms with E-state index in [-0.39, 0.29) is 0 Å². The van der Waals surface area contributed by atoms with Crippen molar-refractivity contribution in [2.75, 3.05) is 13.2 Å². The third-order valence-corrected chi connectivity index (χ3v) is 6.69. The minimum absolute atomic E-state index is 0.636. The number of ether oxygens (including phenoxy) is 2. The zero-order valence-corrected chi connectivity index (χ0v) is 20.2. The van der Waals surface area contributed by atoms with Crippen molar-refractivity contribution >= 4 is 0 Å². The molecule has 2 heteroatoms. The van der Waals surface area contributed by atoms with E-state index in [9.17, 15) is 0 Å². The normalized spacial score (nSPS) is 19.0. The van der Waals surface area contributed by atoms with Gasteiger partial charge in [-0.3, -0.25) is 0 Å². The van der Waals surface area contributed by atoms with Crippen molar-refractivity contribution in [3.63, 3.8) is 0 Å². The van der Waals surface area contributed by atoms with Crippen LogP contribution in [-0.4, -0.2) is 13.2 Å². The Balaban J connectivity index is 1.81. The van der Waals surface area contributed by atoms with Crippen molar-refractivity contribution in [3.05, 3.63) is 23.8 Å². The van der Waals surface area contributed by atoms with E-state index >= 15 is 0 Å². The SMILES string of the molecule is CCCCCCCCCCOc1ccc(OCCC)c(C2CCC(CCC)CC2)c1. The van der Waals surface area contributed by atoms with Crippen molar-refractivity contribution < 1.29 is 9.47 Å². The van der Waals surface area contributed by atoms with Crippen LogP contribution in [0.1, 0.15) is 129 Å². The van der Waals surface area contributed by atoms with E-state index in [1.54, 1.807) is 0 Å². The minimum Gasteiger partial charge on any atom is -0.494 e. The predicted octanol–water partition coefficient (Wildman–Crippen LogP) is 9.07. The van der Waals surface area contributed by atoms with Gasteiger partial charge in [0.05, 0.1) is 13.2 Å². The molecule has 0 aromatic heterocycles. The Morgan fingerprint density at radius 1 is 0.700 bits per heavy atom. The highest BCUT2D eigenvalue weighted by Gasteiger charge is 2.24. The van der Waals surface area contributed by atoms with Crippen LogP contribution in [0.15, 0.2) is 18.2 Å². The molecule has 1 aliphatic carbocycles. The maximum Gasteiger partial charge on any atom is 0.123 e. The summed E-state index contributed by atoms with van der Waals surface area (Å²) in [7, 11) is 0. The van der Waals surface area contributed by atoms with Gasteiger partial charge < -0.3 is 9.47 Å². The molecule has 0 aliphatic heterocycles. The quantitative estimate of drug-likeness (QED) is 0.250. The Hall–Kier alpha value is -1.18. The molecule has 0 radical (unpaired) electrons. The van der Waals surface area contributed by atoms with Gasteiger partial charge in [0.15, 0.2) is 0 Å². The highest BCUT2D eigenvalue weighted by atomic mass is 16.5. The van der Waals surface area contributed by atoms with Gasteiger partial charge in [-0.2, -0.15) is 0 Å².